The number of fused-ring (bicyclic) bond motifs is 1. The lowest BCUT2D eigenvalue weighted by molar-refractivity contribution is -0.120. The van der Waals surface area contributed by atoms with Crippen LogP contribution in [0.2, 0.25) is 0 Å². The van der Waals surface area contributed by atoms with E-state index in [9.17, 15) is 9.59 Å². The summed E-state index contributed by atoms with van der Waals surface area (Å²) < 4.78 is 10.8. The molecular formula is C18H20N4O4. The Morgan fingerprint density at radius 1 is 1.15 bits per heavy atom. The Kier molecular flexibility index (Phi) is 4.75. The lowest BCUT2D eigenvalue weighted by Gasteiger charge is -2.08. The number of hydrogen-bond acceptors (Lipinski definition) is 6. The van der Waals surface area contributed by atoms with Gasteiger partial charge in [-0.05, 0) is 39.8 Å². The van der Waals surface area contributed by atoms with Gasteiger partial charge in [0, 0.05) is 12.1 Å². The van der Waals surface area contributed by atoms with Gasteiger partial charge in [0.15, 0.2) is 0 Å². The number of aromatic nitrogens is 2. The van der Waals surface area contributed by atoms with Crippen LogP contribution in [0, 0.1) is 20.8 Å². The number of aryl methyl sites for hydroxylation is 3. The van der Waals surface area contributed by atoms with Crippen molar-refractivity contribution in [1.82, 2.24) is 20.8 Å². The van der Waals surface area contributed by atoms with Crippen molar-refractivity contribution in [3.8, 4) is 11.3 Å². The minimum Gasteiger partial charge on any atom is -0.466 e. The first-order valence-electron chi connectivity index (χ1n) is 8.30. The molecule has 3 aromatic rings. The SMILES string of the molecule is CCNC(=O)CNC(=O)c1cc(-c2cc(C)oc2C)nc2onc(C)c12. The van der Waals surface area contributed by atoms with Gasteiger partial charge in [0.1, 0.15) is 11.5 Å². The van der Waals surface area contributed by atoms with Crippen LogP contribution in [-0.2, 0) is 4.79 Å². The fourth-order valence-electron chi connectivity index (χ4n) is 2.81. The molecule has 3 heterocycles. The summed E-state index contributed by atoms with van der Waals surface area (Å²) >= 11 is 0. The van der Waals surface area contributed by atoms with Crippen molar-refractivity contribution in [3.63, 3.8) is 0 Å². The maximum absolute atomic E-state index is 12.7. The second kappa shape index (κ2) is 6.99. The number of hydrogen-bond donors (Lipinski definition) is 2. The summed E-state index contributed by atoms with van der Waals surface area (Å²) in [6.07, 6.45) is 0. The molecule has 26 heavy (non-hydrogen) atoms. The van der Waals surface area contributed by atoms with Gasteiger partial charge in [-0.2, -0.15) is 0 Å². The van der Waals surface area contributed by atoms with Crippen LogP contribution in [0.3, 0.4) is 0 Å². The highest BCUT2D eigenvalue weighted by Gasteiger charge is 2.21. The third kappa shape index (κ3) is 3.30. The molecule has 0 atom stereocenters. The van der Waals surface area contributed by atoms with Crippen LogP contribution in [0.5, 0.6) is 0 Å². The van der Waals surface area contributed by atoms with E-state index in [1.165, 1.54) is 0 Å². The Balaban J connectivity index is 2.02. The van der Waals surface area contributed by atoms with Gasteiger partial charge in [0.2, 0.25) is 5.91 Å². The highest BCUT2D eigenvalue weighted by Crippen LogP contribution is 2.30. The Hall–Kier alpha value is -3.16. The zero-order valence-electron chi connectivity index (χ0n) is 15.1. The van der Waals surface area contributed by atoms with Gasteiger partial charge in [-0.15, -0.1) is 0 Å². The Labute approximate surface area is 149 Å². The number of furan rings is 1. The first kappa shape index (κ1) is 17.7. The average molecular weight is 356 g/mol. The van der Waals surface area contributed by atoms with Gasteiger partial charge in [0.05, 0.1) is 28.9 Å². The van der Waals surface area contributed by atoms with Gasteiger partial charge >= 0.3 is 0 Å². The number of pyridine rings is 1. The zero-order chi connectivity index (χ0) is 18.8. The summed E-state index contributed by atoms with van der Waals surface area (Å²) in [5, 5.41) is 9.69. The topological polar surface area (TPSA) is 110 Å². The first-order valence-corrected chi connectivity index (χ1v) is 8.30. The highest BCUT2D eigenvalue weighted by atomic mass is 16.5. The highest BCUT2D eigenvalue weighted by molar-refractivity contribution is 6.07. The van der Waals surface area contributed by atoms with Crippen LogP contribution in [0.4, 0.5) is 0 Å². The van der Waals surface area contributed by atoms with E-state index in [0.717, 1.165) is 11.3 Å². The normalized spacial score (nSPS) is 10.9. The van der Waals surface area contributed by atoms with E-state index in [1.807, 2.05) is 26.8 Å². The van der Waals surface area contributed by atoms with Gasteiger partial charge in [0.25, 0.3) is 11.6 Å². The first-order chi connectivity index (χ1) is 12.4. The van der Waals surface area contributed by atoms with Crippen molar-refractivity contribution in [2.75, 3.05) is 13.1 Å². The minimum absolute atomic E-state index is 0.111. The van der Waals surface area contributed by atoms with Crippen LogP contribution < -0.4 is 10.6 Å². The summed E-state index contributed by atoms with van der Waals surface area (Å²) in [5.74, 6) is 0.790. The molecule has 0 aliphatic rings. The van der Waals surface area contributed by atoms with Crippen molar-refractivity contribution in [3.05, 3.63) is 34.9 Å². The van der Waals surface area contributed by atoms with Gasteiger partial charge in [-0.1, -0.05) is 5.16 Å². The number of carbonyl (C=O) groups excluding carboxylic acids is 2. The minimum atomic E-state index is -0.394. The maximum Gasteiger partial charge on any atom is 0.259 e. The zero-order valence-corrected chi connectivity index (χ0v) is 15.1. The Bertz CT molecular complexity index is 987. The molecule has 0 unspecified atom stereocenters. The molecule has 8 heteroatoms. The monoisotopic (exact) mass is 356 g/mol. The van der Waals surface area contributed by atoms with Crippen LogP contribution >= 0.6 is 0 Å². The third-order valence-corrected chi connectivity index (χ3v) is 3.96. The van der Waals surface area contributed by atoms with Crippen LogP contribution in [-0.4, -0.2) is 35.0 Å². The van der Waals surface area contributed by atoms with Crippen LogP contribution in [0.25, 0.3) is 22.4 Å². The summed E-state index contributed by atoms with van der Waals surface area (Å²) in [4.78, 5) is 28.8. The molecule has 0 saturated carbocycles. The fraction of sp³-hybridized carbons (Fsp3) is 0.333. The predicted octanol–water partition coefficient (Wildman–Crippen LogP) is 2.27. The average Bonchev–Trinajstić information content (AvgIpc) is 3.14. The van der Waals surface area contributed by atoms with Crippen LogP contribution in [0.1, 0.15) is 34.5 Å². The summed E-state index contributed by atoms with van der Waals surface area (Å²) in [6, 6.07) is 3.51. The molecule has 0 aliphatic heterocycles. The lowest BCUT2D eigenvalue weighted by Crippen LogP contribution is -2.36. The number of nitrogens with zero attached hydrogens (tertiary/aromatic N) is 2. The number of nitrogens with one attached hydrogen (secondary N) is 2. The molecule has 0 fully saturated rings. The molecular weight excluding hydrogens is 336 g/mol. The third-order valence-electron chi connectivity index (χ3n) is 3.96. The van der Waals surface area contributed by atoms with E-state index in [1.54, 1.807) is 13.0 Å². The van der Waals surface area contributed by atoms with Crippen molar-refractivity contribution in [2.45, 2.75) is 27.7 Å². The standard InChI is InChI=1S/C18H20N4O4/c1-5-19-15(23)8-20-17(24)13-7-14(12-6-9(2)25-11(12)4)21-18-16(13)10(3)22-26-18/h6-7H,5,8H2,1-4H3,(H,19,23)(H,20,24). The van der Waals surface area contributed by atoms with Crippen molar-refractivity contribution in [2.24, 2.45) is 0 Å². The van der Waals surface area contributed by atoms with E-state index in [-0.39, 0.29) is 18.2 Å². The molecule has 3 aromatic heterocycles. The molecule has 2 amide bonds. The van der Waals surface area contributed by atoms with Crippen LogP contribution in [0.15, 0.2) is 21.1 Å². The summed E-state index contributed by atoms with van der Waals surface area (Å²) in [7, 11) is 0. The summed E-state index contributed by atoms with van der Waals surface area (Å²) in [5.41, 5.74) is 2.50. The molecule has 0 spiro atoms. The van der Waals surface area contributed by atoms with Crippen molar-refractivity contribution >= 4 is 22.9 Å². The number of rotatable bonds is 5. The molecule has 0 radical (unpaired) electrons. The maximum atomic E-state index is 12.7. The van der Waals surface area contributed by atoms with Gasteiger partial charge in [-0.25, -0.2) is 4.98 Å². The second-order valence-corrected chi connectivity index (χ2v) is 5.97. The van der Waals surface area contributed by atoms with E-state index in [4.69, 9.17) is 8.94 Å². The Morgan fingerprint density at radius 2 is 1.92 bits per heavy atom. The van der Waals surface area contributed by atoms with E-state index in [0.29, 0.717) is 34.6 Å². The molecule has 8 nitrogen and oxygen atoms in total. The smallest absolute Gasteiger partial charge is 0.259 e. The van der Waals surface area contributed by atoms with Crippen molar-refractivity contribution < 1.29 is 18.5 Å². The molecule has 0 aliphatic carbocycles. The second-order valence-electron chi connectivity index (χ2n) is 5.97. The fourth-order valence-corrected chi connectivity index (χ4v) is 2.81. The number of amides is 2. The molecule has 0 saturated heterocycles. The van der Waals surface area contributed by atoms with E-state index in [2.05, 4.69) is 20.8 Å². The molecule has 2 N–H and O–H groups in total. The largest absolute Gasteiger partial charge is 0.466 e. The molecule has 136 valence electrons. The van der Waals surface area contributed by atoms with Crippen molar-refractivity contribution in [1.29, 1.82) is 0 Å². The van der Waals surface area contributed by atoms with E-state index >= 15 is 0 Å². The number of carbonyl (C=O) groups is 2. The number of likely N-dealkylation sites (N-methyl/N-ethyl adjacent to an activating group) is 1. The Morgan fingerprint density at radius 3 is 2.58 bits per heavy atom. The molecule has 3 rings (SSSR count). The predicted molar refractivity (Wildman–Crippen MR) is 94.7 cm³/mol. The quantitative estimate of drug-likeness (QED) is 0.726. The molecule has 0 aromatic carbocycles. The lowest BCUT2D eigenvalue weighted by atomic mass is 10.1. The van der Waals surface area contributed by atoms with Gasteiger partial charge < -0.3 is 19.6 Å². The summed E-state index contributed by atoms with van der Waals surface area (Å²) in [6.45, 7) is 7.61. The van der Waals surface area contributed by atoms with E-state index < -0.39 is 5.91 Å². The molecule has 0 bridgehead atoms. The van der Waals surface area contributed by atoms with Gasteiger partial charge in [-0.3, -0.25) is 9.59 Å².